The van der Waals surface area contributed by atoms with E-state index in [0.29, 0.717) is 17.6 Å². The first-order valence-electron chi connectivity index (χ1n) is 6.51. The van der Waals surface area contributed by atoms with Gasteiger partial charge in [-0.1, -0.05) is 12.8 Å². The van der Waals surface area contributed by atoms with Gasteiger partial charge in [-0.05, 0) is 26.2 Å². The Labute approximate surface area is 108 Å². The van der Waals surface area contributed by atoms with E-state index in [0.717, 1.165) is 12.8 Å². The summed E-state index contributed by atoms with van der Waals surface area (Å²) in [5, 5.41) is 0. The molecular weight excluding hydrogens is 230 g/mol. The summed E-state index contributed by atoms with van der Waals surface area (Å²) in [5.74, 6) is 1.73. The summed E-state index contributed by atoms with van der Waals surface area (Å²) >= 11 is 0. The maximum absolute atomic E-state index is 6.14. The number of methoxy groups -OCH3 is 1. The Morgan fingerprint density at radius 2 is 1.89 bits per heavy atom. The fourth-order valence-corrected chi connectivity index (χ4v) is 2.28. The van der Waals surface area contributed by atoms with E-state index in [4.69, 9.17) is 15.2 Å². The lowest BCUT2D eigenvalue weighted by Crippen LogP contribution is -2.38. The van der Waals surface area contributed by atoms with Crippen molar-refractivity contribution in [3.05, 3.63) is 11.9 Å². The molecule has 2 unspecified atom stereocenters. The molecule has 0 aliphatic heterocycles. The van der Waals surface area contributed by atoms with E-state index in [1.165, 1.54) is 19.3 Å². The van der Waals surface area contributed by atoms with Crippen LogP contribution in [0.4, 0.5) is 0 Å². The monoisotopic (exact) mass is 251 g/mol. The van der Waals surface area contributed by atoms with Crippen molar-refractivity contribution in [2.45, 2.75) is 51.2 Å². The molecule has 0 saturated heterocycles. The molecule has 0 radical (unpaired) electrons. The fraction of sp³-hybridized carbons (Fsp3) is 0.692. The Morgan fingerprint density at radius 1 is 1.17 bits per heavy atom. The molecule has 5 heteroatoms. The van der Waals surface area contributed by atoms with Crippen molar-refractivity contribution in [1.29, 1.82) is 0 Å². The summed E-state index contributed by atoms with van der Waals surface area (Å²) in [6, 6.07) is 1.80. The summed E-state index contributed by atoms with van der Waals surface area (Å²) in [5.41, 5.74) is 6.14. The van der Waals surface area contributed by atoms with Crippen LogP contribution in [0.3, 0.4) is 0 Å². The molecule has 1 fully saturated rings. The second kappa shape index (κ2) is 6.00. The van der Waals surface area contributed by atoms with Gasteiger partial charge in [0, 0.05) is 6.04 Å². The molecule has 0 aromatic carbocycles. The zero-order valence-corrected chi connectivity index (χ0v) is 11.1. The molecular formula is C13H21N3O2. The van der Waals surface area contributed by atoms with Crippen LogP contribution in [0, 0.1) is 6.92 Å². The summed E-state index contributed by atoms with van der Waals surface area (Å²) in [7, 11) is 1.59. The predicted molar refractivity (Wildman–Crippen MR) is 68.8 cm³/mol. The van der Waals surface area contributed by atoms with E-state index >= 15 is 0 Å². The molecule has 0 amide bonds. The van der Waals surface area contributed by atoms with Crippen LogP contribution in [-0.4, -0.2) is 29.2 Å². The lowest BCUT2D eigenvalue weighted by Gasteiger charge is -2.22. The van der Waals surface area contributed by atoms with Crippen molar-refractivity contribution < 1.29 is 9.47 Å². The Hall–Kier alpha value is -1.36. The second-order valence-electron chi connectivity index (χ2n) is 4.75. The van der Waals surface area contributed by atoms with E-state index in [2.05, 4.69) is 9.97 Å². The van der Waals surface area contributed by atoms with E-state index in [1.54, 1.807) is 13.2 Å². The van der Waals surface area contributed by atoms with E-state index in [1.807, 2.05) is 6.92 Å². The zero-order valence-electron chi connectivity index (χ0n) is 11.1. The Morgan fingerprint density at radius 3 is 2.67 bits per heavy atom. The molecule has 1 aromatic rings. The number of hydrogen-bond acceptors (Lipinski definition) is 5. The molecule has 5 nitrogen and oxygen atoms in total. The molecule has 1 heterocycles. The number of hydrogen-bond donors (Lipinski definition) is 1. The number of rotatable bonds is 3. The topological polar surface area (TPSA) is 70.3 Å². The fourth-order valence-electron chi connectivity index (χ4n) is 2.28. The highest BCUT2D eigenvalue weighted by atomic mass is 16.5. The van der Waals surface area contributed by atoms with Crippen LogP contribution in [0.15, 0.2) is 6.07 Å². The Bertz CT molecular complexity index is 398. The maximum Gasteiger partial charge on any atom is 0.220 e. The minimum absolute atomic E-state index is 0.0477. The normalized spacial score (nSPS) is 24.4. The SMILES string of the molecule is COc1cc(OC2CCCCCC2N)nc(C)n1. The van der Waals surface area contributed by atoms with Gasteiger partial charge in [-0.2, -0.15) is 9.97 Å². The quantitative estimate of drug-likeness (QED) is 0.830. The molecule has 2 atom stereocenters. The van der Waals surface area contributed by atoms with E-state index in [-0.39, 0.29) is 12.1 Å². The van der Waals surface area contributed by atoms with Crippen molar-refractivity contribution in [1.82, 2.24) is 9.97 Å². The molecule has 0 spiro atoms. The third kappa shape index (κ3) is 3.32. The molecule has 1 aliphatic carbocycles. The van der Waals surface area contributed by atoms with Crippen LogP contribution in [0.2, 0.25) is 0 Å². The van der Waals surface area contributed by atoms with Crippen molar-refractivity contribution in [2.24, 2.45) is 5.73 Å². The van der Waals surface area contributed by atoms with Crippen molar-refractivity contribution in [2.75, 3.05) is 7.11 Å². The summed E-state index contributed by atoms with van der Waals surface area (Å²) in [6.07, 6.45) is 5.65. The molecule has 1 aliphatic rings. The molecule has 100 valence electrons. The lowest BCUT2D eigenvalue weighted by atomic mass is 10.1. The molecule has 1 aromatic heterocycles. The molecule has 18 heavy (non-hydrogen) atoms. The maximum atomic E-state index is 6.14. The first-order chi connectivity index (χ1) is 8.69. The average molecular weight is 251 g/mol. The van der Waals surface area contributed by atoms with Gasteiger partial charge >= 0.3 is 0 Å². The number of nitrogens with zero attached hydrogens (tertiary/aromatic N) is 2. The minimum atomic E-state index is 0.0477. The summed E-state index contributed by atoms with van der Waals surface area (Å²) in [6.45, 7) is 1.82. The third-order valence-corrected chi connectivity index (χ3v) is 3.28. The van der Waals surface area contributed by atoms with Gasteiger partial charge in [0.15, 0.2) is 0 Å². The molecule has 2 N–H and O–H groups in total. The van der Waals surface area contributed by atoms with Gasteiger partial charge in [0.05, 0.1) is 13.2 Å². The van der Waals surface area contributed by atoms with Gasteiger partial charge in [0.25, 0.3) is 0 Å². The van der Waals surface area contributed by atoms with Crippen molar-refractivity contribution in [3.63, 3.8) is 0 Å². The first-order valence-corrected chi connectivity index (χ1v) is 6.51. The standard InChI is InChI=1S/C13H21N3O2/c1-9-15-12(17-2)8-13(16-9)18-11-7-5-3-4-6-10(11)14/h8,10-11H,3-7,14H2,1-2H3. The van der Waals surface area contributed by atoms with Gasteiger partial charge in [0.2, 0.25) is 11.8 Å². The second-order valence-corrected chi connectivity index (χ2v) is 4.75. The van der Waals surface area contributed by atoms with Crippen LogP contribution >= 0.6 is 0 Å². The number of nitrogens with two attached hydrogens (primary N) is 1. The number of aryl methyl sites for hydroxylation is 1. The van der Waals surface area contributed by atoms with Crippen LogP contribution in [0.1, 0.15) is 37.9 Å². The molecule has 2 rings (SSSR count). The molecule has 0 bridgehead atoms. The summed E-state index contributed by atoms with van der Waals surface area (Å²) in [4.78, 5) is 8.41. The number of ether oxygens (including phenoxy) is 2. The van der Waals surface area contributed by atoms with Crippen LogP contribution in [0.25, 0.3) is 0 Å². The van der Waals surface area contributed by atoms with Crippen molar-refractivity contribution >= 4 is 0 Å². The van der Waals surface area contributed by atoms with E-state index < -0.39 is 0 Å². The number of aromatic nitrogens is 2. The van der Waals surface area contributed by atoms with Gasteiger partial charge in [-0.15, -0.1) is 0 Å². The highest BCUT2D eigenvalue weighted by Gasteiger charge is 2.22. The zero-order chi connectivity index (χ0) is 13.0. The van der Waals surface area contributed by atoms with Gasteiger partial charge in [-0.25, -0.2) is 0 Å². The molecule has 1 saturated carbocycles. The smallest absolute Gasteiger partial charge is 0.220 e. The van der Waals surface area contributed by atoms with E-state index in [9.17, 15) is 0 Å². The van der Waals surface area contributed by atoms with Crippen LogP contribution in [-0.2, 0) is 0 Å². The van der Waals surface area contributed by atoms with Gasteiger partial charge < -0.3 is 15.2 Å². The van der Waals surface area contributed by atoms with Crippen molar-refractivity contribution in [3.8, 4) is 11.8 Å². The largest absolute Gasteiger partial charge is 0.481 e. The van der Waals surface area contributed by atoms with Crippen LogP contribution in [0.5, 0.6) is 11.8 Å². The minimum Gasteiger partial charge on any atom is -0.481 e. The summed E-state index contributed by atoms with van der Waals surface area (Å²) < 4.78 is 11.0. The lowest BCUT2D eigenvalue weighted by molar-refractivity contribution is 0.154. The highest BCUT2D eigenvalue weighted by molar-refractivity contribution is 5.20. The Balaban J connectivity index is 2.09. The average Bonchev–Trinajstić information content (AvgIpc) is 2.54. The van der Waals surface area contributed by atoms with Gasteiger partial charge in [0.1, 0.15) is 11.9 Å². The Kier molecular flexibility index (Phi) is 4.36. The first kappa shape index (κ1) is 13.1. The van der Waals surface area contributed by atoms with Crippen LogP contribution < -0.4 is 15.2 Å². The van der Waals surface area contributed by atoms with Gasteiger partial charge in [-0.3, -0.25) is 0 Å². The predicted octanol–water partition coefficient (Wildman–Crippen LogP) is 1.83. The third-order valence-electron chi connectivity index (χ3n) is 3.28. The highest BCUT2D eigenvalue weighted by Crippen LogP contribution is 2.23.